The smallest absolute Gasteiger partial charge is 0.180 e. The van der Waals surface area contributed by atoms with Crippen LogP contribution in [0.5, 0.6) is 0 Å². The van der Waals surface area contributed by atoms with Crippen LogP contribution >= 0.6 is 0 Å². The second kappa shape index (κ2) is 5.85. The quantitative estimate of drug-likeness (QED) is 0.768. The maximum absolute atomic E-state index is 9.24. The first-order valence-electron chi connectivity index (χ1n) is 6.83. The van der Waals surface area contributed by atoms with Gasteiger partial charge in [-0.25, -0.2) is 9.97 Å². The zero-order valence-electron chi connectivity index (χ0n) is 11.7. The van der Waals surface area contributed by atoms with E-state index in [9.17, 15) is 5.11 Å². The molecular weight excluding hydrogens is 264 g/mol. The highest BCUT2D eigenvalue weighted by Gasteiger charge is 2.11. The van der Waals surface area contributed by atoms with Crippen LogP contribution in [0.25, 0.3) is 22.4 Å². The maximum atomic E-state index is 9.24. The summed E-state index contributed by atoms with van der Waals surface area (Å²) in [4.78, 5) is 13.4. The van der Waals surface area contributed by atoms with Gasteiger partial charge in [-0.15, -0.1) is 0 Å². The molecule has 0 unspecified atom stereocenters. The van der Waals surface area contributed by atoms with Crippen molar-refractivity contribution in [2.75, 3.05) is 11.9 Å². The van der Waals surface area contributed by atoms with Gasteiger partial charge in [0.2, 0.25) is 0 Å². The third-order valence-corrected chi connectivity index (χ3v) is 3.15. The van der Waals surface area contributed by atoms with Crippen LogP contribution in [0.1, 0.15) is 6.92 Å². The predicted molar refractivity (Wildman–Crippen MR) is 82.9 cm³/mol. The van der Waals surface area contributed by atoms with Crippen LogP contribution in [0, 0.1) is 0 Å². The van der Waals surface area contributed by atoms with Gasteiger partial charge in [-0.2, -0.15) is 0 Å². The second-order valence-electron chi connectivity index (χ2n) is 4.86. The summed E-state index contributed by atoms with van der Waals surface area (Å²) in [6.07, 6.45) is 1.72. The lowest BCUT2D eigenvalue weighted by Crippen LogP contribution is -2.20. The Morgan fingerprint density at radius 3 is 2.67 bits per heavy atom. The monoisotopic (exact) mass is 280 g/mol. The Kier molecular flexibility index (Phi) is 3.75. The third kappa shape index (κ3) is 2.83. The molecule has 0 radical (unpaired) electrons. The molecule has 1 aromatic carbocycles. The van der Waals surface area contributed by atoms with Crippen molar-refractivity contribution in [1.82, 2.24) is 15.0 Å². The standard InChI is InChI=1S/C16H16N4O/c1-11(10-21)18-15-12-6-2-3-7-13(12)19-16(20-15)14-8-4-5-9-17-14/h2-9,11,21H,10H2,1H3,(H,18,19,20)/t11-/m1/s1. The number of hydrogen-bond donors (Lipinski definition) is 2. The fourth-order valence-electron chi connectivity index (χ4n) is 2.08. The topological polar surface area (TPSA) is 70.9 Å². The molecule has 1 atom stereocenters. The van der Waals surface area contributed by atoms with Gasteiger partial charge in [0.1, 0.15) is 11.5 Å². The van der Waals surface area contributed by atoms with Crippen LogP contribution < -0.4 is 5.32 Å². The van der Waals surface area contributed by atoms with Crippen molar-refractivity contribution in [2.45, 2.75) is 13.0 Å². The third-order valence-electron chi connectivity index (χ3n) is 3.15. The maximum Gasteiger partial charge on any atom is 0.180 e. The summed E-state index contributed by atoms with van der Waals surface area (Å²) in [5.41, 5.74) is 1.57. The molecule has 2 N–H and O–H groups in total. The van der Waals surface area contributed by atoms with Crippen LogP contribution in [-0.2, 0) is 0 Å². The molecule has 0 aliphatic carbocycles. The van der Waals surface area contributed by atoms with Gasteiger partial charge in [0.15, 0.2) is 5.82 Å². The summed E-state index contributed by atoms with van der Waals surface area (Å²) in [5, 5.41) is 13.4. The van der Waals surface area contributed by atoms with Crippen molar-refractivity contribution >= 4 is 16.7 Å². The van der Waals surface area contributed by atoms with Gasteiger partial charge in [-0.05, 0) is 31.2 Å². The summed E-state index contributed by atoms with van der Waals surface area (Å²) < 4.78 is 0. The van der Waals surface area contributed by atoms with Crippen molar-refractivity contribution in [3.05, 3.63) is 48.7 Å². The molecule has 0 bridgehead atoms. The van der Waals surface area contributed by atoms with Crippen molar-refractivity contribution in [3.8, 4) is 11.5 Å². The molecule has 2 aromatic heterocycles. The average Bonchev–Trinajstić information content (AvgIpc) is 2.55. The van der Waals surface area contributed by atoms with Gasteiger partial charge >= 0.3 is 0 Å². The molecule has 2 heterocycles. The Hall–Kier alpha value is -2.53. The molecule has 3 rings (SSSR count). The van der Waals surface area contributed by atoms with E-state index in [-0.39, 0.29) is 12.6 Å². The lowest BCUT2D eigenvalue weighted by Gasteiger charge is -2.14. The van der Waals surface area contributed by atoms with Crippen LogP contribution in [0.3, 0.4) is 0 Å². The molecule has 5 nitrogen and oxygen atoms in total. The van der Waals surface area contributed by atoms with E-state index in [1.54, 1.807) is 6.20 Å². The minimum Gasteiger partial charge on any atom is -0.394 e. The molecule has 0 aliphatic rings. The number of aliphatic hydroxyl groups excluding tert-OH is 1. The first-order chi connectivity index (χ1) is 10.3. The van der Waals surface area contributed by atoms with E-state index in [4.69, 9.17) is 0 Å². The van der Waals surface area contributed by atoms with E-state index < -0.39 is 0 Å². The van der Waals surface area contributed by atoms with Crippen LogP contribution in [0.15, 0.2) is 48.7 Å². The van der Waals surface area contributed by atoms with Crippen molar-refractivity contribution < 1.29 is 5.11 Å². The molecule has 0 spiro atoms. The zero-order chi connectivity index (χ0) is 14.7. The van der Waals surface area contributed by atoms with Gasteiger partial charge in [0.25, 0.3) is 0 Å². The van der Waals surface area contributed by atoms with E-state index in [1.165, 1.54) is 0 Å². The second-order valence-corrected chi connectivity index (χ2v) is 4.86. The van der Waals surface area contributed by atoms with Gasteiger partial charge in [-0.1, -0.05) is 18.2 Å². The minimum absolute atomic E-state index is 0.0389. The van der Waals surface area contributed by atoms with Crippen LogP contribution in [0.4, 0.5) is 5.82 Å². The molecule has 0 saturated carbocycles. The molecule has 5 heteroatoms. The molecule has 106 valence electrons. The van der Waals surface area contributed by atoms with Gasteiger partial charge in [-0.3, -0.25) is 4.98 Å². The fraction of sp³-hybridized carbons (Fsp3) is 0.188. The Morgan fingerprint density at radius 2 is 1.90 bits per heavy atom. The predicted octanol–water partition coefficient (Wildman–Crippen LogP) is 2.48. The Balaban J connectivity index is 2.15. The molecule has 0 amide bonds. The number of anilines is 1. The highest BCUT2D eigenvalue weighted by molar-refractivity contribution is 5.90. The highest BCUT2D eigenvalue weighted by Crippen LogP contribution is 2.24. The molecular formula is C16H16N4O. The lowest BCUT2D eigenvalue weighted by atomic mass is 10.2. The Labute approximate surface area is 122 Å². The minimum atomic E-state index is -0.0834. The number of fused-ring (bicyclic) bond motifs is 1. The highest BCUT2D eigenvalue weighted by atomic mass is 16.3. The summed E-state index contributed by atoms with van der Waals surface area (Å²) in [6, 6.07) is 13.4. The van der Waals surface area contributed by atoms with Crippen LogP contribution in [0.2, 0.25) is 0 Å². The number of hydrogen-bond acceptors (Lipinski definition) is 5. The van der Waals surface area contributed by atoms with E-state index in [2.05, 4.69) is 20.3 Å². The van der Waals surface area contributed by atoms with Crippen molar-refractivity contribution in [2.24, 2.45) is 0 Å². The number of rotatable bonds is 4. The van der Waals surface area contributed by atoms with E-state index >= 15 is 0 Å². The number of nitrogens with zero attached hydrogens (tertiary/aromatic N) is 3. The molecule has 0 aliphatic heterocycles. The Morgan fingerprint density at radius 1 is 1.10 bits per heavy atom. The Bertz CT molecular complexity index is 746. The largest absolute Gasteiger partial charge is 0.394 e. The summed E-state index contributed by atoms with van der Waals surface area (Å²) in [7, 11) is 0. The number of pyridine rings is 1. The summed E-state index contributed by atoms with van der Waals surface area (Å²) in [5.74, 6) is 1.28. The van der Waals surface area contributed by atoms with Crippen LogP contribution in [-0.4, -0.2) is 32.7 Å². The number of aliphatic hydroxyl groups is 1. The SMILES string of the molecule is C[C@H](CO)Nc1nc(-c2ccccn2)nc2ccccc12. The summed E-state index contributed by atoms with van der Waals surface area (Å²) in [6.45, 7) is 1.94. The van der Waals surface area contributed by atoms with E-state index in [0.29, 0.717) is 11.6 Å². The number of aromatic nitrogens is 3. The van der Waals surface area contributed by atoms with Gasteiger partial charge in [0, 0.05) is 17.6 Å². The zero-order valence-corrected chi connectivity index (χ0v) is 11.7. The lowest BCUT2D eigenvalue weighted by molar-refractivity contribution is 0.281. The molecule has 0 saturated heterocycles. The van der Waals surface area contributed by atoms with E-state index in [1.807, 2.05) is 49.4 Å². The average molecular weight is 280 g/mol. The van der Waals surface area contributed by atoms with Crippen molar-refractivity contribution in [3.63, 3.8) is 0 Å². The van der Waals surface area contributed by atoms with Crippen molar-refractivity contribution in [1.29, 1.82) is 0 Å². The fourth-order valence-corrected chi connectivity index (χ4v) is 2.08. The first kappa shape index (κ1) is 13.5. The first-order valence-corrected chi connectivity index (χ1v) is 6.83. The van der Waals surface area contributed by atoms with E-state index in [0.717, 1.165) is 16.6 Å². The molecule has 21 heavy (non-hydrogen) atoms. The number of benzene rings is 1. The summed E-state index contributed by atoms with van der Waals surface area (Å²) >= 11 is 0. The number of nitrogens with one attached hydrogen (secondary N) is 1. The van der Waals surface area contributed by atoms with Gasteiger partial charge in [0.05, 0.1) is 12.1 Å². The van der Waals surface area contributed by atoms with Gasteiger partial charge < -0.3 is 10.4 Å². The molecule has 3 aromatic rings. The molecule has 0 fully saturated rings. The number of para-hydroxylation sites is 1. The normalized spacial score (nSPS) is 12.3.